The Labute approximate surface area is 259 Å². The van der Waals surface area contributed by atoms with Crippen molar-refractivity contribution < 1.29 is 19.0 Å². The Balaban J connectivity index is 1.30. The fourth-order valence-electron chi connectivity index (χ4n) is 5.87. The average Bonchev–Trinajstić information content (AvgIpc) is 3.43. The molecule has 6 rings (SSSR count). The fourth-order valence-corrected chi connectivity index (χ4v) is 5.87. The van der Waals surface area contributed by atoms with Crippen molar-refractivity contribution >= 4 is 16.8 Å². The van der Waals surface area contributed by atoms with Gasteiger partial charge in [0.05, 0.1) is 20.3 Å². The van der Waals surface area contributed by atoms with Crippen molar-refractivity contribution in [3.63, 3.8) is 0 Å². The minimum absolute atomic E-state index is 0.0321. The largest absolute Gasteiger partial charge is 0.497 e. The SMILES string of the molecule is COc1ccc(Cn2cc([C@H](CC(=O)NCCN3CCOCC3)c3cccc(Oc4ccccc4)c3)c3ccccc32)cc1. The number of para-hydroxylation sites is 2. The van der Waals surface area contributed by atoms with Gasteiger partial charge >= 0.3 is 0 Å². The number of nitrogens with one attached hydrogen (secondary N) is 1. The van der Waals surface area contributed by atoms with Gasteiger partial charge in [-0.25, -0.2) is 0 Å². The van der Waals surface area contributed by atoms with Gasteiger partial charge in [0.15, 0.2) is 0 Å². The van der Waals surface area contributed by atoms with E-state index in [1.54, 1.807) is 7.11 Å². The van der Waals surface area contributed by atoms with E-state index in [1.165, 1.54) is 5.56 Å². The lowest BCUT2D eigenvalue weighted by Crippen LogP contribution is -2.41. The van der Waals surface area contributed by atoms with E-state index in [2.05, 4.69) is 69.5 Å². The molecule has 0 saturated carbocycles. The molecule has 1 fully saturated rings. The van der Waals surface area contributed by atoms with E-state index in [-0.39, 0.29) is 11.8 Å². The van der Waals surface area contributed by atoms with Gasteiger partial charge in [-0.2, -0.15) is 0 Å². The average molecular weight is 590 g/mol. The predicted molar refractivity (Wildman–Crippen MR) is 174 cm³/mol. The number of ether oxygens (including phenoxy) is 3. The van der Waals surface area contributed by atoms with Crippen LogP contribution in [0.2, 0.25) is 0 Å². The molecule has 7 nitrogen and oxygen atoms in total. The highest BCUT2D eigenvalue weighted by Crippen LogP contribution is 2.37. The molecular formula is C37H39N3O4. The third kappa shape index (κ3) is 7.30. The van der Waals surface area contributed by atoms with Crippen LogP contribution in [0.15, 0.2) is 109 Å². The number of fused-ring (bicyclic) bond motifs is 1. The first-order chi connectivity index (χ1) is 21.7. The molecular weight excluding hydrogens is 550 g/mol. The molecule has 1 amide bonds. The molecule has 1 aliphatic rings. The number of rotatable bonds is 12. The third-order valence-electron chi connectivity index (χ3n) is 8.19. The summed E-state index contributed by atoms with van der Waals surface area (Å²) in [6, 6.07) is 34.5. The zero-order valence-electron chi connectivity index (χ0n) is 25.2. The summed E-state index contributed by atoms with van der Waals surface area (Å²) in [5, 5.41) is 4.33. The van der Waals surface area contributed by atoms with Crippen molar-refractivity contribution in [1.82, 2.24) is 14.8 Å². The molecule has 1 saturated heterocycles. The van der Waals surface area contributed by atoms with E-state index in [0.717, 1.165) is 72.1 Å². The van der Waals surface area contributed by atoms with Crippen LogP contribution < -0.4 is 14.8 Å². The number of hydrogen-bond donors (Lipinski definition) is 1. The minimum atomic E-state index is -0.167. The van der Waals surface area contributed by atoms with E-state index in [9.17, 15) is 4.79 Å². The van der Waals surface area contributed by atoms with Gasteiger partial charge in [-0.05, 0) is 59.2 Å². The zero-order valence-corrected chi connectivity index (χ0v) is 25.2. The molecule has 1 aromatic heterocycles. The van der Waals surface area contributed by atoms with Crippen LogP contribution in [0.3, 0.4) is 0 Å². The maximum absolute atomic E-state index is 13.5. The molecule has 0 radical (unpaired) electrons. The van der Waals surface area contributed by atoms with Crippen molar-refractivity contribution in [3.8, 4) is 17.2 Å². The Morgan fingerprint density at radius 1 is 0.864 bits per heavy atom. The molecule has 1 aliphatic heterocycles. The number of aromatic nitrogens is 1. The summed E-state index contributed by atoms with van der Waals surface area (Å²) in [5.74, 6) is 2.22. The molecule has 5 aromatic rings. The Bertz CT molecular complexity index is 1660. The number of methoxy groups -OCH3 is 1. The maximum atomic E-state index is 13.5. The first-order valence-electron chi connectivity index (χ1n) is 15.3. The van der Waals surface area contributed by atoms with Crippen LogP contribution in [-0.4, -0.2) is 61.9 Å². The van der Waals surface area contributed by atoms with Gasteiger partial charge in [-0.15, -0.1) is 0 Å². The van der Waals surface area contributed by atoms with Gasteiger partial charge in [0.1, 0.15) is 17.2 Å². The lowest BCUT2D eigenvalue weighted by Gasteiger charge is -2.26. The van der Waals surface area contributed by atoms with Crippen LogP contribution in [0.5, 0.6) is 17.2 Å². The third-order valence-corrected chi connectivity index (χ3v) is 8.19. The summed E-state index contributed by atoms with van der Waals surface area (Å²) < 4.78 is 19.3. The topological polar surface area (TPSA) is 65.0 Å². The van der Waals surface area contributed by atoms with Crippen molar-refractivity contribution in [1.29, 1.82) is 0 Å². The van der Waals surface area contributed by atoms with Crippen LogP contribution in [0.25, 0.3) is 10.9 Å². The summed E-state index contributed by atoms with van der Waals surface area (Å²) in [6.07, 6.45) is 2.54. The van der Waals surface area contributed by atoms with Gasteiger partial charge in [-0.1, -0.05) is 60.7 Å². The normalized spacial score (nSPS) is 14.3. The van der Waals surface area contributed by atoms with Crippen molar-refractivity contribution in [2.24, 2.45) is 0 Å². The smallest absolute Gasteiger partial charge is 0.220 e. The molecule has 4 aromatic carbocycles. The first kappa shape index (κ1) is 29.5. The lowest BCUT2D eigenvalue weighted by molar-refractivity contribution is -0.121. The number of hydrogen-bond acceptors (Lipinski definition) is 5. The van der Waals surface area contributed by atoms with E-state index in [0.29, 0.717) is 19.5 Å². The van der Waals surface area contributed by atoms with Gasteiger partial charge in [0.25, 0.3) is 0 Å². The number of nitrogens with zero attached hydrogens (tertiary/aromatic N) is 2. The van der Waals surface area contributed by atoms with Crippen LogP contribution in [0.4, 0.5) is 0 Å². The summed E-state index contributed by atoms with van der Waals surface area (Å²) >= 11 is 0. The van der Waals surface area contributed by atoms with E-state index in [4.69, 9.17) is 14.2 Å². The molecule has 7 heteroatoms. The first-order valence-corrected chi connectivity index (χ1v) is 15.3. The van der Waals surface area contributed by atoms with E-state index < -0.39 is 0 Å². The van der Waals surface area contributed by atoms with Gasteiger partial charge in [0.2, 0.25) is 5.91 Å². The van der Waals surface area contributed by atoms with E-state index in [1.807, 2.05) is 54.6 Å². The monoisotopic (exact) mass is 589 g/mol. The maximum Gasteiger partial charge on any atom is 0.220 e. The molecule has 44 heavy (non-hydrogen) atoms. The molecule has 226 valence electrons. The van der Waals surface area contributed by atoms with Crippen molar-refractivity contribution in [2.75, 3.05) is 46.5 Å². The van der Waals surface area contributed by atoms with Crippen LogP contribution in [0, 0.1) is 0 Å². The van der Waals surface area contributed by atoms with Crippen LogP contribution in [-0.2, 0) is 16.1 Å². The Morgan fingerprint density at radius 3 is 2.41 bits per heavy atom. The Kier molecular flexibility index (Phi) is 9.55. The highest BCUT2D eigenvalue weighted by atomic mass is 16.5. The van der Waals surface area contributed by atoms with Gasteiger partial charge in [0, 0.05) is 62.2 Å². The molecule has 0 bridgehead atoms. The molecule has 2 heterocycles. The molecule has 1 atom stereocenters. The summed E-state index contributed by atoms with van der Waals surface area (Å²) in [4.78, 5) is 15.8. The number of benzene rings is 4. The molecule has 0 aliphatic carbocycles. The number of carbonyl (C=O) groups is 1. The Hall–Kier alpha value is -4.59. The number of amides is 1. The second-order valence-electron chi connectivity index (χ2n) is 11.1. The fraction of sp³-hybridized carbons (Fsp3) is 0.270. The van der Waals surface area contributed by atoms with Crippen LogP contribution in [0.1, 0.15) is 29.0 Å². The highest BCUT2D eigenvalue weighted by molar-refractivity contribution is 5.87. The number of carbonyl (C=O) groups excluding carboxylic acids is 1. The minimum Gasteiger partial charge on any atom is -0.497 e. The second kappa shape index (κ2) is 14.3. The standard InChI is InChI=1S/C37H39N3O4/c1-42-30-16-14-28(15-17-30)26-40-27-35(33-12-5-6-13-36(33)40)34(25-37(41)38-18-19-39-20-22-43-23-21-39)29-8-7-11-32(24-29)44-31-9-3-2-4-10-31/h2-17,24,27,34H,18-23,25-26H2,1H3,(H,38,41)/t34-/m1/s1. The molecule has 0 unspecified atom stereocenters. The lowest BCUT2D eigenvalue weighted by atomic mass is 9.88. The summed E-state index contributed by atoms with van der Waals surface area (Å²) in [5.41, 5.74) is 4.46. The van der Waals surface area contributed by atoms with Gasteiger partial charge in [-0.3, -0.25) is 9.69 Å². The Morgan fingerprint density at radius 2 is 1.61 bits per heavy atom. The second-order valence-corrected chi connectivity index (χ2v) is 11.1. The quantitative estimate of drug-likeness (QED) is 0.181. The summed E-state index contributed by atoms with van der Waals surface area (Å²) in [6.45, 7) is 5.44. The van der Waals surface area contributed by atoms with E-state index >= 15 is 0 Å². The van der Waals surface area contributed by atoms with Crippen LogP contribution >= 0.6 is 0 Å². The molecule has 1 N–H and O–H groups in total. The van der Waals surface area contributed by atoms with Crippen molar-refractivity contribution in [3.05, 3.63) is 126 Å². The van der Waals surface area contributed by atoms with Crippen molar-refractivity contribution in [2.45, 2.75) is 18.9 Å². The number of morpholine rings is 1. The van der Waals surface area contributed by atoms with Gasteiger partial charge < -0.3 is 24.1 Å². The summed E-state index contributed by atoms with van der Waals surface area (Å²) in [7, 11) is 1.68. The highest BCUT2D eigenvalue weighted by Gasteiger charge is 2.24. The predicted octanol–water partition coefficient (Wildman–Crippen LogP) is 6.46. The molecule has 0 spiro atoms. The zero-order chi connectivity index (χ0) is 30.1.